The van der Waals surface area contributed by atoms with Gasteiger partial charge in [0.1, 0.15) is 11.3 Å². The maximum atomic E-state index is 12.1. The largest absolute Gasteiger partial charge is 0.464 e. The number of rotatable bonds is 2. The van der Waals surface area contributed by atoms with Crippen molar-refractivity contribution in [1.29, 1.82) is 0 Å². The van der Waals surface area contributed by atoms with Gasteiger partial charge in [0, 0.05) is 24.8 Å². The Labute approximate surface area is 141 Å². The standard InChI is InChI=1S/C17H24N2O5/c1-16(2,3)24-15(21)19-9-7-17(22,8-10-19)12-5-6-13(18-11-12)14(20)23-4/h5-6,11,22H,7-10H2,1-4H3. The molecule has 1 aliphatic rings. The molecule has 1 N–H and O–H groups in total. The SMILES string of the molecule is COC(=O)c1ccc(C2(O)CCN(C(=O)OC(C)(C)C)CC2)cn1. The van der Waals surface area contributed by atoms with Gasteiger partial charge in [0.15, 0.2) is 0 Å². The van der Waals surface area contributed by atoms with Gasteiger partial charge in [-0.05, 0) is 39.7 Å². The highest BCUT2D eigenvalue weighted by Gasteiger charge is 2.37. The number of pyridine rings is 1. The van der Waals surface area contributed by atoms with E-state index in [0.29, 0.717) is 31.5 Å². The number of esters is 1. The third kappa shape index (κ3) is 4.23. The first-order valence-corrected chi connectivity index (χ1v) is 7.90. The van der Waals surface area contributed by atoms with Gasteiger partial charge in [0.2, 0.25) is 0 Å². The molecule has 0 spiro atoms. The predicted molar refractivity (Wildman–Crippen MR) is 86.5 cm³/mol. The van der Waals surface area contributed by atoms with Gasteiger partial charge in [0.25, 0.3) is 0 Å². The summed E-state index contributed by atoms with van der Waals surface area (Å²) in [7, 11) is 1.29. The van der Waals surface area contributed by atoms with E-state index in [-0.39, 0.29) is 11.8 Å². The van der Waals surface area contributed by atoms with E-state index in [9.17, 15) is 14.7 Å². The lowest BCUT2D eigenvalue weighted by molar-refractivity contribution is -0.0358. The number of amides is 1. The fraction of sp³-hybridized carbons (Fsp3) is 0.588. The molecule has 7 heteroatoms. The van der Waals surface area contributed by atoms with E-state index < -0.39 is 17.2 Å². The molecule has 1 saturated heterocycles. The van der Waals surface area contributed by atoms with Crippen molar-refractivity contribution in [3.63, 3.8) is 0 Å². The molecule has 0 unspecified atom stereocenters. The second-order valence-corrected chi connectivity index (χ2v) is 6.92. The predicted octanol–water partition coefficient (Wildman–Crippen LogP) is 2.09. The lowest BCUT2D eigenvalue weighted by Crippen LogP contribution is -2.46. The van der Waals surface area contributed by atoms with E-state index >= 15 is 0 Å². The van der Waals surface area contributed by atoms with Crippen molar-refractivity contribution >= 4 is 12.1 Å². The van der Waals surface area contributed by atoms with Crippen LogP contribution in [0.4, 0.5) is 4.79 Å². The van der Waals surface area contributed by atoms with Crippen molar-refractivity contribution in [2.75, 3.05) is 20.2 Å². The van der Waals surface area contributed by atoms with Crippen LogP contribution in [-0.2, 0) is 15.1 Å². The molecule has 0 bridgehead atoms. The van der Waals surface area contributed by atoms with Crippen LogP contribution in [0.2, 0.25) is 0 Å². The smallest absolute Gasteiger partial charge is 0.410 e. The van der Waals surface area contributed by atoms with E-state index in [1.807, 2.05) is 20.8 Å². The number of carbonyl (C=O) groups excluding carboxylic acids is 2. The second-order valence-electron chi connectivity index (χ2n) is 6.92. The number of hydrogen-bond donors (Lipinski definition) is 1. The van der Waals surface area contributed by atoms with Gasteiger partial charge in [-0.25, -0.2) is 14.6 Å². The van der Waals surface area contributed by atoms with Crippen molar-refractivity contribution in [2.24, 2.45) is 0 Å². The maximum Gasteiger partial charge on any atom is 0.410 e. The highest BCUT2D eigenvalue weighted by atomic mass is 16.6. The summed E-state index contributed by atoms with van der Waals surface area (Å²) in [6, 6.07) is 3.20. The van der Waals surface area contributed by atoms with Crippen LogP contribution in [0, 0.1) is 0 Å². The molecule has 1 aromatic rings. The molecule has 2 heterocycles. The normalized spacial score (nSPS) is 17.3. The van der Waals surface area contributed by atoms with E-state index in [4.69, 9.17) is 4.74 Å². The first-order chi connectivity index (χ1) is 11.1. The Morgan fingerprint density at radius 3 is 2.33 bits per heavy atom. The van der Waals surface area contributed by atoms with E-state index in [2.05, 4.69) is 9.72 Å². The molecule has 0 aromatic carbocycles. The maximum absolute atomic E-state index is 12.1. The summed E-state index contributed by atoms with van der Waals surface area (Å²) in [5.74, 6) is -0.520. The van der Waals surface area contributed by atoms with Gasteiger partial charge in [-0.2, -0.15) is 0 Å². The van der Waals surface area contributed by atoms with Gasteiger partial charge in [-0.1, -0.05) is 6.07 Å². The third-order valence-corrected chi connectivity index (χ3v) is 3.94. The molecule has 7 nitrogen and oxygen atoms in total. The zero-order valence-electron chi connectivity index (χ0n) is 14.5. The van der Waals surface area contributed by atoms with Crippen molar-refractivity contribution in [3.05, 3.63) is 29.6 Å². The lowest BCUT2D eigenvalue weighted by atomic mass is 9.85. The van der Waals surface area contributed by atoms with Crippen molar-refractivity contribution in [2.45, 2.75) is 44.8 Å². The van der Waals surface area contributed by atoms with Crippen molar-refractivity contribution < 1.29 is 24.2 Å². The minimum Gasteiger partial charge on any atom is -0.464 e. The second kappa shape index (κ2) is 6.76. The molecule has 1 amide bonds. The fourth-order valence-corrected chi connectivity index (χ4v) is 2.57. The summed E-state index contributed by atoms with van der Waals surface area (Å²) in [6.07, 6.45) is 1.87. The van der Waals surface area contributed by atoms with E-state index in [0.717, 1.165) is 0 Å². The summed E-state index contributed by atoms with van der Waals surface area (Å²) in [5, 5.41) is 10.8. The third-order valence-electron chi connectivity index (χ3n) is 3.94. The number of carbonyl (C=O) groups is 2. The monoisotopic (exact) mass is 336 g/mol. The quantitative estimate of drug-likeness (QED) is 0.832. The Morgan fingerprint density at radius 2 is 1.88 bits per heavy atom. The molecular weight excluding hydrogens is 312 g/mol. The van der Waals surface area contributed by atoms with Crippen LogP contribution in [0.25, 0.3) is 0 Å². The number of piperidine rings is 1. The molecule has 24 heavy (non-hydrogen) atoms. The molecule has 0 radical (unpaired) electrons. The zero-order valence-corrected chi connectivity index (χ0v) is 14.5. The highest BCUT2D eigenvalue weighted by molar-refractivity contribution is 5.87. The van der Waals surface area contributed by atoms with Crippen LogP contribution in [0.5, 0.6) is 0 Å². The minimum absolute atomic E-state index is 0.191. The molecule has 2 rings (SSSR count). The number of aliphatic hydroxyl groups is 1. The van der Waals surface area contributed by atoms with Crippen LogP contribution in [0.1, 0.15) is 49.7 Å². The van der Waals surface area contributed by atoms with Crippen LogP contribution in [-0.4, -0.2) is 52.9 Å². The van der Waals surface area contributed by atoms with E-state index in [1.54, 1.807) is 11.0 Å². The molecule has 1 aromatic heterocycles. The highest BCUT2D eigenvalue weighted by Crippen LogP contribution is 2.33. The molecule has 1 fully saturated rings. The van der Waals surface area contributed by atoms with Gasteiger partial charge in [-0.3, -0.25) is 0 Å². The molecule has 0 atom stereocenters. The minimum atomic E-state index is -1.07. The Bertz CT molecular complexity index is 598. The van der Waals surface area contributed by atoms with Crippen LogP contribution in [0.15, 0.2) is 18.3 Å². The van der Waals surface area contributed by atoms with Crippen LogP contribution < -0.4 is 0 Å². The van der Waals surface area contributed by atoms with E-state index in [1.165, 1.54) is 19.4 Å². The summed E-state index contributed by atoms with van der Waals surface area (Å²) < 4.78 is 9.95. The molecule has 0 saturated carbocycles. The van der Waals surface area contributed by atoms with Gasteiger partial charge < -0.3 is 19.5 Å². The summed E-state index contributed by atoms with van der Waals surface area (Å²) in [4.78, 5) is 29.1. The molecule has 1 aliphatic heterocycles. The number of methoxy groups -OCH3 is 1. The Kier molecular flexibility index (Phi) is 5.13. The van der Waals surface area contributed by atoms with Crippen LogP contribution >= 0.6 is 0 Å². The molecule has 132 valence electrons. The average Bonchev–Trinajstić information content (AvgIpc) is 2.53. The number of ether oxygens (including phenoxy) is 2. The van der Waals surface area contributed by atoms with Gasteiger partial charge in [0.05, 0.1) is 12.7 Å². The topological polar surface area (TPSA) is 89.0 Å². The zero-order chi connectivity index (χ0) is 18.0. The van der Waals surface area contributed by atoms with Crippen LogP contribution in [0.3, 0.4) is 0 Å². The molecular formula is C17H24N2O5. The summed E-state index contributed by atoms with van der Waals surface area (Å²) >= 11 is 0. The Hall–Kier alpha value is -2.15. The first kappa shape index (κ1) is 18.2. The number of likely N-dealkylation sites (tertiary alicyclic amines) is 1. The lowest BCUT2D eigenvalue weighted by Gasteiger charge is -2.38. The summed E-state index contributed by atoms with van der Waals surface area (Å²) in [5.41, 5.74) is -0.798. The van der Waals surface area contributed by atoms with Crippen molar-refractivity contribution in [3.8, 4) is 0 Å². The fourth-order valence-electron chi connectivity index (χ4n) is 2.57. The number of hydrogen-bond acceptors (Lipinski definition) is 6. The Morgan fingerprint density at radius 1 is 1.25 bits per heavy atom. The average molecular weight is 336 g/mol. The van der Waals surface area contributed by atoms with Gasteiger partial charge >= 0.3 is 12.1 Å². The number of nitrogens with zero attached hydrogens (tertiary/aromatic N) is 2. The Balaban J connectivity index is 2.01. The number of aromatic nitrogens is 1. The van der Waals surface area contributed by atoms with Gasteiger partial charge in [-0.15, -0.1) is 0 Å². The first-order valence-electron chi connectivity index (χ1n) is 7.90. The summed E-state index contributed by atoms with van der Waals surface area (Å²) in [6.45, 7) is 6.24. The van der Waals surface area contributed by atoms with Crippen molar-refractivity contribution in [1.82, 2.24) is 9.88 Å². The molecule has 0 aliphatic carbocycles.